The Morgan fingerprint density at radius 1 is 1.48 bits per heavy atom. The highest BCUT2D eigenvalue weighted by Crippen LogP contribution is 2.23. The van der Waals surface area contributed by atoms with E-state index in [2.05, 4.69) is 10.6 Å². The van der Waals surface area contributed by atoms with Gasteiger partial charge in [0.15, 0.2) is 0 Å². The summed E-state index contributed by atoms with van der Waals surface area (Å²) < 4.78 is 5.00. The number of carbonyl (C=O) groups is 2. The van der Waals surface area contributed by atoms with Crippen LogP contribution < -0.4 is 16.4 Å². The maximum atomic E-state index is 11.9. The molecule has 0 atom stereocenters. The number of urea groups is 1. The number of nitrogen functional groups attached to an aromatic ring is 1. The molecule has 0 spiro atoms. The van der Waals surface area contributed by atoms with Gasteiger partial charge in [-0.15, -0.1) is 11.8 Å². The minimum Gasteiger partial charge on any atom is -0.463 e. The Hall–Kier alpha value is -2.15. The lowest BCUT2D eigenvalue weighted by atomic mass is 10.2. The zero-order valence-electron chi connectivity index (χ0n) is 11.6. The van der Waals surface area contributed by atoms with Crippen molar-refractivity contribution < 1.29 is 14.3 Å². The van der Waals surface area contributed by atoms with Gasteiger partial charge in [0.2, 0.25) is 0 Å². The fourth-order valence-corrected chi connectivity index (χ4v) is 2.78. The number of amides is 2. The van der Waals surface area contributed by atoms with Crippen LogP contribution in [0.3, 0.4) is 0 Å². The van der Waals surface area contributed by atoms with Crippen LogP contribution in [0, 0.1) is 0 Å². The van der Waals surface area contributed by atoms with Crippen molar-refractivity contribution in [3.05, 3.63) is 35.5 Å². The number of hydrogen-bond donors (Lipinski definition) is 3. The molecule has 0 saturated heterocycles. The number of hydrogen-bond acceptors (Lipinski definition) is 5. The average molecular weight is 307 g/mol. The number of nitrogens with two attached hydrogens (primary N) is 1. The van der Waals surface area contributed by atoms with Crippen molar-refractivity contribution in [1.82, 2.24) is 10.6 Å². The first-order chi connectivity index (χ1) is 10.1. The molecule has 21 heavy (non-hydrogen) atoms. The molecule has 1 heterocycles. The summed E-state index contributed by atoms with van der Waals surface area (Å²) in [7, 11) is 0. The van der Waals surface area contributed by atoms with Gasteiger partial charge in [-0.3, -0.25) is 0 Å². The summed E-state index contributed by atoms with van der Waals surface area (Å²) in [6.07, 6.45) is 0. The van der Waals surface area contributed by atoms with Gasteiger partial charge < -0.3 is 21.1 Å². The van der Waals surface area contributed by atoms with Crippen LogP contribution in [0.5, 0.6) is 0 Å². The first-order valence-corrected chi connectivity index (χ1v) is 7.51. The summed E-state index contributed by atoms with van der Waals surface area (Å²) in [5.41, 5.74) is 7.43. The third-order valence-corrected chi connectivity index (χ3v) is 3.84. The number of carbonyl (C=O) groups excluding carboxylic acids is 2. The molecule has 0 aromatic heterocycles. The van der Waals surface area contributed by atoms with E-state index in [1.807, 2.05) is 18.2 Å². The molecule has 0 bridgehead atoms. The van der Waals surface area contributed by atoms with E-state index in [-0.39, 0.29) is 12.6 Å². The number of ether oxygens (including phenoxy) is 1. The number of rotatable bonds is 5. The Kier molecular flexibility index (Phi) is 5.10. The number of esters is 1. The minimum atomic E-state index is -0.409. The molecule has 0 radical (unpaired) electrons. The van der Waals surface area contributed by atoms with Gasteiger partial charge in [-0.05, 0) is 25.1 Å². The first-order valence-electron chi connectivity index (χ1n) is 6.52. The molecule has 0 unspecified atom stereocenters. The lowest BCUT2D eigenvalue weighted by Crippen LogP contribution is -2.44. The maximum absolute atomic E-state index is 11.9. The number of benzene rings is 1. The maximum Gasteiger partial charge on any atom is 0.337 e. The van der Waals surface area contributed by atoms with Gasteiger partial charge in [0, 0.05) is 22.0 Å². The van der Waals surface area contributed by atoms with Gasteiger partial charge in [-0.2, -0.15) is 0 Å². The summed E-state index contributed by atoms with van der Waals surface area (Å²) >= 11 is 1.49. The highest BCUT2D eigenvalue weighted by Gasteiger charge is 2.23. The first kappa shape index (κ1) is 15.2. The normalized spacial score (nSPS) is 14.4. The van der Waals surface area contributed by atoms with Crippen molar-refractivity contribution in [2.24, 2.45) is 0 Å². The minimum absolute atomic E-state index is 0.178. The van der Waals surface area contributed by atoms with Gasteiger partial charge in [0.05, 0.1) is 18.7 Å². The molecular weight excluding hydrogens is 290 g/mol. The molecule has 6 nitrogen and oxygen atoms in total. The molecule has 112 valence electrons. The number of anilines is 1. The molecule has 1 aromatic rings. The third-order valence-electron chi connectivity index (χ3n) is 2.82. The Bertz CT molecular complexity index is 587. The molecule has 0 saturated carbocycles. The molecule has 7 heteroatoms. The van der Waals surface area contributed by atoms with Crippen molar-refractivity contribution in [3.8, 4) is 0 Å². The molecule has 0 aliphatic carbocycles. The molecule has 2 amide bonds. The summed E-state index contributed by atoms with van der Waals surface area (Å²) in [5.74, 6) is 0.0542. The third kappa shape index (κ3) is 4.16. The molecule has 0 fully saturated rings. The van der Waals surface area contributed by atoms with Crippen molar-refractivity contribution in [2.45, 2.75) is 11.8 Å². The predicted octanol–water partition coefficient (Wildman–Crippen LogP) is 1.49. The van der Waals surface area contributed by atoms with E-state index in [1.54, 1.807) is 13.0 Å². The molecule has 1 aliphatic rings. The van der Waals surface area contributed by atoms with Crippen LogP contribution in [0.4, 0.5) is 10.5 Å². The van der Waals surface area contributed by atoms with Gasteiger partial charge in [-0.25, -0.2) is 9.59 Å². The molecule has 4 N–H and O–H groups in total. The lowest BCUT2D eigenvalue weighted by Gasteiger charge is -2.21. The van der Waals surface area contributed by atoms with Crippen LogP contribution in [0.15, 0.2) is 40.4 Å². The van der Waals surface area contributed by atoms with Gasteiger partial charge in [0.25, 0.3) is 0 Å². The van der Waals surface area contributed by atoms with Crippen LogP contribution in [0.2, 0.25) is 0 Å². The van der Waals surface area contributed by atoms with E-state index in [4.69, 9.17) is 10.5 Å². The second-order valence-corrected chi connectivity index (χ2v) is 5.40. The number of thioether (sulfide) groups is 1. The quantitative estimate of drug-likeness (QED) is 0.435. The van der Waals surface area contributed by atoms with E-state index in [9.17, 15) is 9.59 Å². The van der Waals surface area contributed by atoms with Gasteiger partial charge in [-0.1, -0.05) is 6.07 Å². The second kappa shape index (κ2) is 7.03. The van der Waals surface area contributed by atoms with Crippen molar-refractivity contribution in [3.63, 3.8) is 0 Å². The largest absolute Gasteiger partial charge is 0.463 e. The predicted molar refractivity (Wildman–Crippen MR) is 81.8 cm³/mol. The smallest absolute Gasteiger partial charge is 0.337 e. The summed E-state index contributed by atoms with van der Waals surface area (Å²) in [4.78, 5) is 24.3. The average Bonchev–Trinajstić information content (AvgIpc) is 2.45. The SMILES string of the molecule is CCOC(=O)C1=C(CSc2cccc(N)c2)NC(=O)NC1. The zero-order chi connectivity index (χ0) is 15.2. The monoisotopic (exact) mass is 307 g/mol. The van der Waals surface area contributed by atoms with Crippen LogP contribution in [0.1, 0.15) is 6.92 Å². The Balaban J connectivity index is 2.12. The Morgan fingerprint density at radius 3 is 3.00 bits per heavy atom. The van der Waals surface area contributed by atoms with Crippen molar-refractivity contribution in [1.29, 1.82) is 0 Å². The highest BCUT2D eigenvalue weighted by atomic mass is 32.2. The molecule has 2 rings (SSSR count). The van der Waals surface area contributed by atoms with E-state index in [0.717, 1.165) is 4.90 Å². The second-order valence-electron chi connectivity index (χ2n) is 4.35. The van der Waals surface area contributed by atoms with E-state index in [1.165, 1.54) is 11.8 Å². The summed E-state index contributed by atoms with van der Waals surface area (Å²) in [5, 5.41) is 5.24. The molecule has 1 aromatic carbocycles. The van der Waals surface area contributed by atoms with Gasteiger partial charge in [0.1, 0.15) is 0 Å². The summed E-state index contributed by atoms with van der Waals surface area (Å²) in [6.45, 7) is 2.22. The standard InChI is InChI=1S/C14H17N3O3S/c1-2-20-13(18)11-7-16-14(19)17-12(11)8-21-10-5-3-4-9(15)6-10/h3-6H,2,7-8,15H2,1H3,(H2,16,17,19). The van der Waals surface area contributed by atoms with Crippen LogP contribution >= 0.6 is 11.8 Å². The van der Waals surface area contributed by atoms with E-state index in [0.29, 0.717) is 29.3 Å². The highest BCUT2D eigenvalue weighted by molar-refractivity contribution is 7.99. The van der Waals surface area contributed by atoms with E-state index < -0.39 is 5.97 Å². The fourth-order valence-electron chi connectivity index (χ4n) is 1.83. The van der Waals surface area contributed by atoms with Crippen LogP contribution in [-0.2, 0) is 9.53 Å². The lowest BCUT2D eigenvalue weighted by molar-refractivity contribution is -0.138. The van der Waals surface area contributed by atoms with Gasteiger partial charge >= 0.3 is 12.0 Å². The van der Waals surface area contributed by atoms with Crippen LogP contribution in [-0.4, -0.2) is 30.9 Å². The van der Waals surface area contributed by atoms with Crippen molar-refractivity contribution >= 4 is 29.4 Å². The Morgan fingerprint density at radius 2 is 2.29 bits per heavy atom. The van der Waals surface area contributed by atoms with E-state index >= 15 is 0 Å². The van der Waals surface area contributed by atoms with Crippen molar-refractivity contribution in [2.75, 3.05) is 24.6 Å². The Labute approximate surface area is 127 Å². The molecule has 1 aliphatic heterocycles. The zero-order valence-corrected chi connectivity index (χ0v) is 12.5. The van der Waals surface area contributed by atoms with Crippen LogP contribution in [0.25, 0.3) is 0 Å². The topological polar surface area (TPSA) is 93.4 Å². The summed E-state index contributed by atoms with van der Waals surface area (Å²) in [6, 6.07) is 7.12. The molecular formula is C14H17N3O3S. The number of nitrogens with one attached hydrogen (secondary N) is 2. The fraction of sp³-hybridized carbons (Fsp3) is 0.286.